The van der Waals surface area contributed by atoms with Crippen LogP contribution in [0.5, 0.6) is 0 Å². The Morgan fingerprint density at radius 1 is 1.78 bits per heavy atom. The maximum absolute atomic E-state index is 9.98. The molecule has 0 aromatic carbocycles. The van der Waals surface area contributed by atoms with Crippen molar-refractivity contribution in [3.05, 3.63) is 0 Å². The molecule has 0 saturated heterocycles. The van der Waals surface area contributed by atoms with Gasteiger partial charge in [0.2, 0.25) is 0 Å². The Bertz CT molecular complexity index is 83.1. The summed E-state index contributed by atoms with van der Waals surface area (Å²) in [6.07, 6.45) is 1.78. The zero-order chi connectivity index (χ0) is 7.28. The Labute approximate surface area is 55.3 Å². The summed E-state index contributed by atoms with van der Waals surface area (Å²) in [7, 11) is 0. The van der Waals surface area contributed by atoms with Gasteiger partial charge in [-0.1, -0.05) is 6.92 Å². The first-order valence-corrected chi connectivity index (χ1v) is 3.04. The van der Waals surface area contributed by atoms with Crippen LogP contribution in [0.15, 0.2) is 0 Å². The third-order valence-electron chi connectivity index (χ3n) is 1.03. The van der Waals surface area contributed by atoms with E-state index in [1.807, 2.05) is 6.92 Å². The lowest BCUT2D eigenvalue weighted by molar-refractivity contribution is 0.0684. The molecule has 1 radical (unpaired) electrons. The van der Waals surface area contributed by atoms with Crippen LogP contribution >= 0.6 is 0 Å². The normalized spacial score (nSPS) is 12.8. The monoisotopic (exact) mass is 130 g/mol. The van der Waals surface area contributed by atoms with Gasteiger partial charge in [-0.15, -0.1) is 0 Å². The molecule has 53 valence electrons. The molecule has 9 heavy (non-hydrogen) atoms. The SMILES string of the molecule is CCCN([C]=O)C(C)O. The Balaban J connectivity index is 3.54. The Morgan fingerprint density at radius 3 is 2.44 bits per heavy atom. The van der Waals surface area contributed by atoms with Crippen LogP contribution in [0.3, 0.4) is 0 Å². The molecule has 0 saturated carbocycles. The topological polar surface area (TPSA) is 40.5 Å². The van der Waals surface area contributed by atoms with Crippen molar-refractivity contribution in [2.45, 2.75) is 26.5 Å². The van der Waals surface area contributed by atoms with E-state index >= 15 is 0 Å². The summed E-state index contributed by atoms with van der Waals surface area (Å²) in [4.78, 5) is 11.2. The number of hydrogen-bond donors (Lipinski definition) is 1. The molecule has 0 aromatic rings. The average molecular weight is 130 g/mol. The van der Waals surface area contributed by atoms with E-state index in [4.69, 9.17) is 5.11 Å². The number of hydrogen-bond acceptors (Lipinski definition) is 2. The second-order valence-electron chi connectivity index (χ2n) is 1.92. The lowest BCUT2D eigenvalue weighted by atomic mass is 10.4. The molecule has 0 aromatic heterocycles. The smallest absolute Gasteiger partial charge is 0.314 e. The van der Waals surface area contributed by atoms with E-state index in [1.165, 1.54) is 4.90 Å². The average Bonchev–Trinajstić information content (AvgIpc) is 1.82. The molecule has 3 nitrogen and oxygen atoms in total. The van der Waals surface area contributed by atoms with Gasteiger partial charge in [-0.2, -0.15) is 0 Å². The molecule has 1 unspecified atom stereocenters. The van der Waals surface area contributed by atoms with Crippen LogP contribution in [0.25, 0.3) is 0 Å². The molecule has 0 rings (SSSR count). The number of nitrogens with zero attached hydrogens (tertiary/aromatic N) is 1. The minimum absolute atomic E-state index is 0.571. The second-order valence-corrected chi connectivity index (χ2v) is 1.92. The number of amides is 1. The zero-order valence-electron chi connectivity index (χ0n) is 5.79. The molecule has 3 heteroatoms. The van der Waals surface area contributed by atoms with E-state index in [0.717, 1.165) is 6.42 Å². The Hall–Kier alpha value is -0.570. The van der Waals surface area contributed by atoms with Gasteiger partial charge >= 0.3 is 6.41 Å². The van der Waals surface area contributed by atoms with Gasteiger partial charge in [-0.3, -0.25) is 4.79 Å². The second kappa shape index (κ2) is 4.32. The predicted molar refractivity (Wildman–Crippen MR) is 34.4 cm³/mol. The Morgan fingerprint density at radius 2 is 2.33 bits per heavy atom. The molecule has 0 aliphatic carbocycles. The van der Waals surface area contributed by atoms with Crippen LogP contribution in [-0.4, -0.2) is 29.2 Å². The Kier molecular flexibility index (Phi) is 4.05. The number of carbonyl (C=O) groups excluding carboxylic acids is 1. The highest BCUT2D eigenvalue weighted by Gasteiger charge is 2.05. The summed E-state index contributed by atoms with van der Waals surface area (Å²) in [5.41, 5.74) is 0. The number of rotatable bonds is 4. The molecule has 1 amide bonds. The van der Waals surface area contributed by atoms with Gasteiger partial charge in [0.25, 0.3) is 0 Å². The van der Waals surface area contributed by atoms with Crippen molar-refractivity contribution in [3.63, 3.8) is 0 Å². The van der Waals surface area contributed by atoms with Gasteiger partial charge in [0, 0.05) is 6.54 Å². The van der Waals surface area contributed by atoms with Crippen molar-refractivity contribution in [3.8, 4) is 0 Å². The minimum Gasteiger partial charge on any atom is -0.374 e. The number of aliphatic hydroxyl groups is 1. The van der Waals surface area contributed by atoms with Crippen LogP contribution in [-0.2, 0) is 4.79 Å². The van der Waals surface area contributed by atoms with Gasteiger partial charge in [-0.05, 0) is 13.3 Å². The van der Waals surface area contributed by atoms with E-state index < -0.39 is 6.23 Å². The summed E-state index contributed by atoms with van der Waals surface area (Å²) in [5, 5.41) is 8.81. The maximum Gasteiger partial charge on any atom is 0.314 e. The number of aliphatic hydroxyl groups excluding tert-OH is 1. The highest BCUT2D eigenvalue weighted by Crippen LogP contribution is 1.91. The summed E-state index contributed by atoms with van der Waals surface area (Å²) >= 11 is 0. The summed E-state index contributed by atoms with van der Waals surface area (Å²) in [6.45, 7) is 4.05. The van der Waals surface area contributed by atoms with Crippen LogP contribution < -0.4 is 0 Å². The van der Waals surface area contributed by atoms with Crippen LogP contribution in [0.1, 0.15) is 20.3 Å². The standard InChI is InChI=1S/C6H12NO2/c1-3-4-7(5-8)6(2)9/h6,9H,3-4H2,1-2H3. The van der Waals surface area contributed by atoms with Crippen molar-refractivity contribution in [1.29, 1.82) is 0 Å². The molecule has 1 atom stereocenters. The third kappa shape index (κ3) is 3.08. The van der Waals surface area contributed by atoms with E-state index in [-0.39, 0.29) is 0 Å². The van der Waals surface area contributed by atoms with Crippen molar-refractivity contribution in [2.75, 3.05) is 6.54 Å². The van der Waals surface area contributed by atoms with Gasteiger partial charge in [0.15, 0.2) is 0 Å². The third-order valence-corrected chi connectivity index (χ3v) is 1.03. The predicted octanol–water partition coefficient (Wildman–Crippen LogP) is 0.104. The van der Waals surface area contributed by atoms with Crippen LogP contribution in [0, 0.1) is 0 Å². The van der Waals surface area contributed by atoms with Crippen molar-refractivity contribution in [1.82, 2.24) is 4.90 Å². The first-order chi connectivity index (χ1) is 4.22. The molecule has 0 aliphatic heterocycles. The maximum atomic E-state index is 9.98. The van der Waals surface area contributed by atoms with Gasteiger partial charge in [-0.25, -0.2) is 0 Å². The zero-order valence-corrected chi connectivity index (χ0v) is 5.79. The van der Waals surface area contributed by atoms with Crippen molar-refractivity contribution < 1.29 is 9.90 Å². The first kappa shape index (κ1) is 8.43. The summed E-state index contributed by atoms with van der Waals surface area (Å²) in [6, 6.07) is 0. The molecule has 0 heterocycles. The summed E-state index contributed by atoms with van der Waals surface area (Å²) < 4.78 is 0. The molecule has 0 bridgehead atoms. The highest BCUT2D eigenvalue weighted by atomic mass is 16.3. The fourth-order valence-corrected chi connectivity index (χ4v) is 0.550. The van der Waals surface area contributed by atoms with E-state index in [1.54, 1.807) is 13.3 Å². The fourth-order valence-electron chi connectivity index (χ4n) is 0.550. The van der Waals surface area contributed by atoms with Crippen molar-refractivity contribution in [2.24, 2.45) is 0 Å². The summed E-state index contributed by atoms with van der Waals surface area (Å²) in [5.74, 6) is 0. The van der Waals surface area contributed by atoms with E-state index in [2.05, 4.69) is 0 Å². The molecule has 1 N–H and O–H groups in total. The highest BCUT2D eigenvalue weighted by molar-refractivity contribution is 5.48. The van der Waals surface area contributed by atoms with Gasteiger partial charge < -0.3 is 10.0 Å². The largest absolute Gasteiger partial charge is 0.374 e. The van der Waals surface area contributed by atoms with E-state index in [0.29, 0.717) is 6.54 Å². The van der Waals surface area contributed by atoms with Gasteiger partial charge in [0.1, 0.15) is 6.23 Å². The van der Waals surface area contributed by atoms with Crippen LogP contribution in [0.2, 0.25) is 0 Å². The van der Waals surface area contributed by atoms with E-state index in [9.17, 15) is 4.79 Å². The molecule has 0 spiro atoms. The molecular formula is C6H12NO2. The molecule has 0 aliphatic rings. The molecule has 0 fully saturated rings. The fraction of sp³-hybridized carbons (Fsp3) is 0.833. The lowest BCUT2D eigenvalue weighted by Gasteiger charge is -2.17. The first-order valence-electron chi connectivity index (χ1n) is 3.04. The lowest BCUT2D eigenvalue weighted by Crippen LogP contribution is -2.31. The van der Waals surface area contributed by atoms with Crippen LogP contribution in [0.4, 0.5) is 0 Å². The minimum atomic E-state index is -0.706. The van der Waals surface area contributed by atoms with Crippen molar-refractivity contribution >= 4 is 6.41 Å². The van der Waals surface area contributed by atoms with Gasteiger partial charge in [0.05, 0.1) is 0 Å². The molecular weight excluding hydrogens is 118 g/mol. The quantitative estimate of drug-likeness (QED) is 0.433.